The predicted molar refractivity (Wildman–Crippen MR) is 83.5 cm³/mol. The molecule has 0 aliphatic carbocycles. The number of hydrogen-bond acceptors (Lipinski definition) is 1. The van der Waals surface area contributed by atoms with Gasteiger partial charge in [-0.3, -0.25) is 0 Å². The normalized spacial score (nSPS) is 10.6. The highest BCUT2D eigenvalue weighted by atomic mass is 35.5. The number of halogens is 1. The summed E-state index contributed by atoms with van der Waals surface area (Å²) in [5.74, 6) is 0. The molecular weight excluding hydrogens is 274 g/mol. The van der Waals surface area contributed by atoms with E-state index >= 15 is 0 Å². The number of nitrogens with zero attached hydrogens (tertiary/aromatic N) is 1. The Kier molecular flexibility index (Phi) is 3.36. The molecule has 0 saturated carbocycles. The number of hydrogen-bond donors (Lipinski definition) is 1. The SMILES string of the molecule is Sc1cccc(-n2cccc2-c2ccc(Cl)cc2)c1. The molecule has 2 aromatic carbocycles. The van der Waals surface area contributed by atoms with Crippen LogP contribution in [0.25, 0.3) is 16.9 Å². The Morgan fingerprint density at radius 3 is 2.42 bits per heavy atom. The molecule has 19 heavy (non-hydrogen) atoms. The first-order valence-electron chi connectivity index (χ1n) is 5.97. The predicted octanol–water partition coefficient (Wildman–Crippen LogP) is 5.09. The highest BCUT2D eigenvalue weighted by Crippen LogP contribution is 2.26. The molecule has 0 N–H and O–H groups in total. The average molecular weight is 286 g/mol. The first-order valence-corrected chi connectivity index (χ1v) is 6.79. The minimum atomic E-state index is 0.749. The lowest BCUT2D eigenvalue weighted by Gasteiger charge is -2.10. The lowest BCUT2D eigenvalue weighted by atomic mass is 10.1. The van der Waals surface area contributed by atoms with Crippen LogP contribution in [-0.2, 0) is 0 Å². The third kappa shape index (κ3) is 2.55. The number of benzene rings is 2. The Hall–Kier alpha value is -1.64. The van der Waals surface area contributed by atoms with E-state index in [1.807, 2.05) is 54.7 Å². The largest absolute Gasteiger partial charge is 0.317 e. The summed E-state index contributed by atoms with van der Waals surface area (Å²) in [5, 5.41) is 0.749. The van der Waals surface area contributed by atoms with E-state index < -0.39 is 0 Å². The van der Waals surface area contributed by atoms with Crippen molar-refractivity contribution in [2.24, 2.45) is 0 Å². The van der Waals surface area contributed by atoms with Crippen LogP contribution < -0.4 is 0 Å². The van der Waals surface area contributed by atoms with E-state index in [1.165, 1.54) is 0 Å². The summed E-state index contributed by atoms with van der Waals surface area (Å²) in [7, 11) is 0. The van der Waals surface area contributed by atoms with Gasteiger partial charge in [0.15, 0.2) is 0 Å². The van der Waals surface area contributed by atoms with Gasteiger partial charge in [0.2, 0.25) is 0 Å². The van der Waals surface area contributed by atoms with Gasteiger partial charge in [0.05, 0.1) is 5.69 Å². The second kappa shape index (κ2) is 5.16. The average Bonchev–Trinajstić information content (AvgIpc) is 2.89. The monoisotopic (exact) mass is 285 g/mol. The van der Waals surface area contributed by atoms with Crippen molar-refractivity contribution in [3.05, 3.63) is 71.9 Å². The van der Waals surface area contributed by atoms with E-state index in [-0.39, 0.29) is 0 Å². The van der Waals surface area contributed by atoms with E-state index in [0.717, 1.165) is 26.9 Å². The van der Waals surface area contributed by atoms with Crippen LogP contribution in [-0.4, -0.2) is 4.57 Å². The van der Waals surface area contributed by atoms with Crippen LogP contribution >= 0.6 is 24.2 Å². The van der Waals surface area contributed by atoms with Crippen LogP contribution in [0.2, 0.25) is 5.02 Å². The highest BCUT2D eigenvalue weighted by molar-refractivity contribution is 7.80. The molecule has 94 valence electrons. The standard InChI is InChI=1S/C16H12ClNS/c17-13-8-6-12(7-9-13)16-5-2-10-18(16)14-3-1-4-15(19)11-14/h1-11,19H. The second-order valence-electron chi connectivity index (χ2n) is 4.29. The molecule has 0 spiro atoms. The third-order valence-corrected chi connectivity index (χ3v) is 3.53. The smallest absolute Gasteiger partial charge is 0.0528 e. The molecule has 0 fully saturated rings. The number of aromatic nitrogens is 1. The van der Waals surface area contributed by atoms with Crippen molar-refractivity contribution in [3.63, 3.8) is 0 Å². The van der Waals surface area contributed by atoms with E-state index in [2.05, 4.69) is 29.3 Å². The third-order valence-electron chi connectivity index (χ3n) is 3.00. The summed E-state index contributed by atoms with van der Waals surface area (Å²) in [6.45, 7) is 0. The Balaban J connectivity index is 2.10. The fourth-order valence-corrected chi connectivity index (χ4v) is 2.45. The summed E-state index contributed by atoms with van der Waals surface area (Å²) in [4.78, 5) is 0.952. The first-order chi connectivity index (χ1) is 9.24. The lowest BCUT2D eigenvalue weighted by Crippen LogP contribution is -1.94. The van der Waals surface area contributed by atoms with Gasteiger partial charge in [0.25, 0.3) is 0 Å². The summed E-state index contributed by atoms with van der Waals surface area (Å²) in [5.41, 5.74) is 3.37. The minimum absolute atomic E-state index is 0.749. The molecule has 1 aromatic heterocycles. The maximum atomic E-state index is 5.93. The Labute approximate surface area is 122 Å². The number of rotatable bonds is 2. The van der Waals surface area contributed by atoms with Crippen molar-refractivity contribution < 1.29 is 0 Å². The second-order valence-corrected chi connectivity index (χ2v) is 5.24. The van der Waals surface area contributed by atoms with Gasteiger partial charge in [-0.2, -0.15) is 0 Å². The zero-order valence-electron chi connectivity index (χ0n) is 10.1. The zero-order valence-corrected chi connectivity index (χ0v) is 11.8. The highest BCUT2D eigenvalue weighted by Gasteiger charge is 2.05. The van der Waals surface area contributed by atoms with Gasteiger partial charge >= 0.3 is 0 Å². The van der Waals surface area contributed by atoms with Crippen molar-refractivity contribution in [2.45, 2.75) is 4.90 Å². The van der Waals surface area contributed by atoms with E-state index in [4.69, 9.17) is 11.6 Å². The molecule has 0 bridgehead atoms. The minimum Gasteiger partial charge on any atom is -0.317 e. The molecule has 0 saturated heterocycles. The Bertz CT molecular complexity index is 701. The van der Waals surface area contributed by atoms with Crippen molar-refractivity contribution in [2.75, 3.05) is 0 Å². The number of thiol groups is 1. The summed E-state index contributed by atoms with van der Waals surface area (Å²) in [6, 6.07) is 20.1. The fourth-order valence-electron chi connectivity index (χ4n) is 2.10. The molecule has 3 aromatic rings. The summed E-state index contributed by atoms with van der Waals surface area (Å²) < 4.78 is 2.14. The Morgan fingerprint density at radius 1 is 0.895 bits per heavy atom. The molecule has 0 aliphatic heterocycles. The van der Waals surface area contributed by atoms with Crippen molar-refractivity contribution in [3.8, 4) is 16.9 Å². The van der Waals surface area contributed by atoms with E-state index in [9.17, 15) is 0 Å². The molecule has 0 aliphatic rings. The van der Waals surface area contributed by atoms with Crippen LogP contribution in [0.5, 0.6) is 0 Å². The van der Waals surface area contributed by atoms with Crippen LogP contribution in [0.3, 0.4) is 0 Å². The maximum Gasteiger partial charge on any atom is 0.0528 e. The van der Waals surface area contributed by atoms with Gasteiger partial charge in [-0.25, -0.2) is 0 Å². The quantitative estimate of drug-likeness (QED) is 0.626. The topological polar surface area (TPSA) is 4.93 Å². The molecule has 0 atom stereocenters. The lowest BCUT2D eigenvalue weighted by molar-refractivity contribution is 1.08. The maximum absolute atomic E-state index is 5.93. The van der Waals surface area contributed by atoms with Crippen LogP contribution in [0.15, 0.2) is 71.8 Å². The zero-order chi connectivity index (χ0) is 13.2. The molecule has 1 heterocycles. The molecule has 3 rings (SSSR count). The Morgan fingerprint density at radius 2 is 1.68 bits per heavy atom. The molecule has 0 amide bonds. The molecule has 0 unspecified atom stereocenters. The van der Waals surface area contributed by atoms with Crippen molar-refractivity contribution in [1.29, 1.82) is 0 Å². The van der Waals surface area contributed by atoms with Crippen LogP contribution in [0, 0.1) is 0 Å². The molecule has 3 heteroatoms. The molecular formula is C16H12ClNS. The van der Waals surface area contributed by atoms with Gasteiger partial charge in [0.1, 0.15) is 0 Å². The molecule has 1 nitrogen and oxygen atoms in total. The van der Waals surface area contributed by atoms with E-state index in [1.54, 1.807) is 0 Å². The summed E-state index contributed by atoms with van der Waals surface area (Å²) >= 11 is 10.3. The fraction of sp³-hybridized carbons (Fsp3) is 0. The van der Waals surface area contributed by atoms with Crippen molar-refractivity contribution in [1.82, 2.24) is 4.57 Å². The van der Waals surface area contributed by atoms with Gasteiger partial charge in [-0.15, -0.1) is 12.6 Å². The van der Waals surface area contributed by atoms with Crippen LogP contribution in [0.4, 0.5) is 0 Å². The summed E-state index contributed by atoms with van der Waals surface area (Å²) in [6.07, 6.45) is 2.05. The van der Waals surface area contributed by atoms with Gasteiger partial charge in [-0.1, -0.05) is 29.8 Å². The molecule has 0 radical (unpaired) electrons. The van der Waals surface area contributed by atoms with Crippen LogP contribution in [0.1, 0.15) is 0 Å². The van der Waals surface area contributed by atoms with Gasteiger partial charge < -0.3 is 4.57 Å². The van der Waals surface area contributed by atoms with Gasteiger partial charge in [0, 0.05) is 21.8 Å². The van der Waals surface area contributed by atoms with Crippen molar-refractivity contribution >= 4 is 24.2 Å². The first kappa shape index (κ1) is 12.4. The van der Waals surface area contributed by atoms with E-state index in [0.29, 0.717) is 0 Å². The van der Waals surface area contributed by atoms with Gasteiger partial charge in [-0.05, 0) is 48.0 Å².